The number of rotatable bonds is 9. The number of carbonyl (C=O) groups is 2. The van der Waals surface area contributed by atoms with E-state index in [0.717, 1.165) is 24.2 Å². The van der Waals surface area contributed by atoms with Gasteiger partial charge in [0.05, 0.1) is 24.5 Å². The van der Waals surface area contributed by atoms with Crippen LogP contribution in [0.2, 0.25) is 0 Å². The Bertz CT molecular complexity index is 598. The SMILES string of the molecule is CCCCC(CC)CC(=O)N[C@@H]1CN(C(=O)Cc2nc[nH]c2C)C[C@@H]1C. The highest BCUT2D eigenvalue weighted by molar-refractivity contribution is 5.80. The molecule has 1 saturated heterocycles. The first-order valence-electron chi connectivity index (χ1n) is 10.0. The van der Waals surface area contributed by atoms with Crippen molar-refractivity contribution in [2.24, 2.45) is 11.8 Å². The molecule has 0 bridgehead atoms. The van der Waals surface area contributed by atoms with Crippen LogP contribution in [0.3, 0.4) is 0 Å². The molecule has 1 aliphatic heterocycles. The third-order valence-electron chi connectivity index (χ3n) is 5.58. The Balaban J connectivity index is 1.83. The van der Waals surface area contributed by atoms with Crippen LogP contribution >= 0.6 is 0 Å². The largest absolute Gasteiger partial charge is 0.351 e. The molecule has 0 radical (unpaired) electrons. The van der Waals surface area contributed by atoms with Crippen molar-refractivity contribution in [1.82, 2.24) is 20.2 Å². The van der Waals surface area contributed by atoms with E-state index in [2.05, 4.69) is 36.1 Å². The van der Waals surface area contributed by atoms with Crippen molar-refractivity contribution in [3.63, 3.8) is 0 Å². The molecule has 1 aromatic heterocycles. The number of aryl methyl sites for hydroxylation is 1. The summed E-state index contributed by atoms with van der Waals surface area (Å²) in [7, 11) is 0. The fourth-order valence-corrected chi connectivity index (χ4v) is 3.65. The minimum atomic E-state index is 0.0513. The van der Waals surface area contributed by atoms with Gasteiger partial charge in [0.15, 0.2) is 0 Å². The summed E-state index contributed by atoms with van der Waals surface area (Å²) in [5.41, 5.74) is 1.74. The van der Waals surface area contributed by atoms with Gasteiger partial charge in [0.25, 0.3) is 0 Å². The molecular weight excluding hydrogens is 328 g/mol. The molecule has 1 fully saturated rings. The van der Waals surface area contributed by atoms with Crippen LogP contribution in [-0.2, 0) is 16.0 Å². The zero-order valence-electron chi connectivity index (χ0n) is 16.7. The van der Waals surface area contributed by atoms with Gasteiger partial charge in [-0.15, -0.1) is 0 Å². The second kappa shape index (κ2) is 9.74. The Kier molecular flexibility index (Phi) is 7.66. The monoisotopic (exact) mass is 362 g/mol. The summed E-state index contributed by atoms with van der Waals surface area (Å²) in [6, 6.07) is 0.0513. The van der Waals surface area contributed by atoms with E-state index in [1.165, 1.54) is 12.8 Å². The highest BCUT2D eigenvalue weighted by atomic mass is 16.2. The Labute approximate surface area is 157 Å². The van der Waals surface area contributed by atoms with Gasteiger partial charge in [-0.25, -0.2) is 4.98 Å². The predicted octanol–water partition coefficient (Wildman–Crippen LogP) is 2.83. The van der Waals surface area contributed by atoms with E-state index in [1.54, 1.807) is 6.33 Å². The second-order valence-electron chi connectivity index (χ2n) is 7.72. The normalized spacial score (nSPS) is 21.0. The van der Waals surface area contributed by atoms with E-state index >= 15 is 0 Å². The lowest BCUT2D eigenvalue weighted by Crippen LogP contribution is -2.41. The molecule has 146 valence electrons. The molecule has 6 nitrogen and oxygen atoms in total. The first kappa shape index (κ1) is 20.5. The van der Waals surface area contributed by atoms with Gasteiger partial charge >= 0.3 is 0 Å². The molecular formula is C20H34N4O2. The highest BCUT2D eigenvalue weighted by Gasteiger charge is 2.33. The Hall–Kier alpha value is -1.85. The van der Waals surface area contributed by atoms with E-state index in [0.29, 0.717) is 31.8 Å². The van der Waals surface area contributed by atoms with Crippen LogP contribution in [0.1, 0.15) is 64.3 Å². The van der Waals surface area contributed by atoms with Crippen molar-refractivity contribution in [1.29, 1.82) is 0 Å². The van der Waals surface area contributed by atoms with E-state index in [1.807, 2.05) is 11.8 Å². The molecule has 2 amide bonds. The Morgan fingerprint density at radius 3 is 2.77 bits per heavy atom. The van der Waals surface area contributed by atoms with Crippen LogP contribution in [0.4, 0.5) is 0 Å². The number of nitrogens with zero attached hydrogens (tertiary/aromatic N) is 2. The number of carbonyl (C=O) groups excluding carboxylic acids is 2. The number of likely N-dealkylation sites (tertiary alicyclic amines) is 1. The summed E-state index contributed by atoms with van der Waals surface area (Å²) in [4.78, 5) is 34.0. The maximum atomic E-state index is 12.5. The molecule has 2 heterocycles. The summed E-state index contributed by atoms with van der Waals surface area (Å²) in [5.74, 6) is 0.950. The lowest BCUT2D eigenvalue weighted by Gasteiger charge is -2.19. The van der Waals surface area contributed by atoms with Crippen LogP contribution in [0, 0.1) is 18.8 Å². The molecule has 1 aromatic rings. The molecule has 0 aliphatic carbocycles. The maximum Gasteiger partial charge on any atom is 0.228 e. The van der Waals surface area contributed by atoms with E-state index in [4.69, 9.17) is 0 Å². The van der Waals surface area contributed by atoms with Gasteiger partial charge in [0.2, 0.25) is 11.8 Å². The summed E-state index contributed by atoms with van der Waals surface area (Å²) >= 11 is 0. The number of imidazole rings is 1. The number of H-pyrrole nitrogens is 1. The number of amides is 2. The average Bonchev–Trinajstić information content (AvgIpc) is 3.17. The minimum Gasteiger partial charge on any atom is -0.351 e. The Morgan fingerprint density at radius 1 is 1.38 bits per heavy atom. The van der Waals surface area contributed by atoms with Crippen molar-refractivity contribution in [3.05, 3.63) is 17.7 Å². The van der Waals surface area contributed by atoms with Crippen molar-refractivity contribution in [2.75, 3.05) is 13.1 Å². The number of aromatic nitrogens is 2. The molecule has 1 aliphatic rings. The predicted molar refractivity (Wildman–Crippen MR) is 103 cm³/mol. The van der Waals surface area contributed by atoms with Crippen molar-refractivity contribution in [2.45, 2.75) is 72.3 Å². The highest BCUT2D eigenvalue weighted by Crippen LogP contribution is 2.20. The summed E-state index contributed by atoms with van der Waals surface area (Å²) in [6.07, 6.45) is 7.05. The molecule has 3 atom stereocenters. The van der Waals surface area contributed by atoms with Gasteiger partial charge < -0.3 is 15.2 Å². The van der Waals surface area contributed by atoms with Crippen LogP contribution in [0.5, 0.6) is 0 Å². The molecule has 6 heteroatoms. The number of nitrogens with one attached hydrogen (secondary N) is 2. The smallest absolute Gasteiger partial charge is 0.228 e. The number of unbranched alkanes of at least 4 members (excludes halogenated alkanes) is 1. The minimum absolute atomic E-state index is 0.0513. The van der Waals surface area contributed by atoms with Gasteiger partial charge in [-0.2, -0.15) is 0 Å². The first-order chi connectivity index (χ1) is 12.4. The summed E-state index contributed by atoms with van der Waals surface area (Å²) < 4.78 is 0. The summed E-state index contributed by atoms with van der Waals surface area (Å²) in [5, 5.41) is 3.17. The van der Waals surface area contributed by atoms with Crippen LogP contribution in [0.15, 0.2) is 6.33 Å². The van der Waals surface area contributed by atoms with Crippen LogP contribution in [0.25, 0.3) is 0 Å². The maximum absolute atomic E-state index is 12.5. The zero-order valence-corrected chi connectivity index (χ0v) is 16.7. The topological polar surface area (TPSA) is 78.1 Å². The van der Waals surface area contributed by atoms with Gasteiger partial charge in [-0.1, -0.05) is 40.0 Å². The third-order valence-corrected chi connectivity index (χ3v) is 5.58. The second-order valence-corrected chi connectivity index (χ2v) is 7.72. The summed E-state index contributed by atoms with van der Waals surface area (Å²) in [6.45, 7) is 9.66. The standard InChI is InChI=1S/C20H34N4O2/c1-5-7-8-16(6-2)9-19(25)23-18-12-24(11-14(18)3)20(26)10-17-15(4)21-13-22-17/h13-14,16,18H,5-12H2,1-4H3,(H,21,22)(H,23,25)/t14-,16?,18+/m0/s1. The van der Waals surface area contributed by atoms with Crippen LogP contribution in [-0.4, -0.2) is 45.8 Å². The quantitative estimate of drug-likeness (QED) is 0.709. The fraction of sp³-hybridized carbons (Fsp3) is 0.750. The lowest BCUT2D eigenvalue weighted by molar-refractivity contribution is -0.130. The van der Waals surface area contributed by atoms with Crippen molar-refractivity contribution >= 4 is 11.8 Å². The third kappa shape index (κ3) is 5.58. The fourth-order valence-electron chi connectivity index (χ4n) is 3.65. The van der Waals surface area contributed by atoms with Gasteiger partial charge in [0.1, 0.15) is 0 Å². The van der Waals surface area contributed by atoms with E-state index in [-0.39, 0.29) is 23.8 Å². The van der Waals surface area contributed by atoms with E-state index < -0.39 is 0 Å². The number of hydrogen-bond donors (Lipinski definition) is 2. The molecule has 26 heavy (non-hydrogen) atoms. The molecule has 0 aromatic carbocycles. The van der Waals surface area contributed by atoms with Crippen molar-refractivity contribution in [3.8, 4) is 0 Å². The molecule has 2 N–H and O–H groups in total. The lowest BCUT2D eigenvalue weighted by atomic mass is 9.95. The average molecular weight is 363 g/mol. The Morgan fingerprint density at radius 2 is 2.15 bits per heavy atom. The molecule has 0 saturated carbocycles. The van der Waals surface area contributed by atoms with E-state index in [9.17, 15) is 9.59 Å². The van der Waals surface area contributed by atoms with Crippen molar-refractivity contribution < 1.29 is 9.59 Å². The van der Waals surface area contributed by atoms with Crippen LogP contribution < -0.4 is 5.32 Å². The number of aromatic amines is 1. The van der Waals surface area contributed by atoms with Gasteiger partial charge in [0, 0.05) is 25.2 Å². The molecule has 2 rings (SSSR count). The zero-order chi connectivity index (χ0) is 19.1. The molecule has 0 spiro atoms. The first-order valence-corrected chi connectivity index (χ1v) is 10.0. The van der Waals surface area contributed by atoms with Gasteiger partial charge in [-0.3, -0.25) is 9.59 Å². The van der Waals surface area contributed by atoms with Gasteiger partial charge in [-0.05, 0) is 25.2 Å². The molecule has 1 unspecified atom stereocenters. The number of hydrogen-bond acceptors (Lipinski definition) is 3.